The monoisotopic (exact) mass is 345 g/mol. The molecule has 0 bridgehead atoms. The van der Waals surface area contributed by atoms with Gasteiger partial charge in [0.2, 0.25) is 0 Å². The Hall–Kier alpha value is -1.15. The van der Waals surface area contributed by atoms with Crippen molar-refractivity contribution in [3.63, 3.8) is 0 Å². The van der Waals surface area contributed by atoms with Gasteiger partial charge < -0.3 is 5.32 Å². The van der Waals surface area contributed by atoms with Crippen LogP contribution in [0.5, 0.6) is 0 Å². The Labute approximate surface area is 133 Å². The molecule has 0 radical (unpaired) electrons. The third kappa shape index (κ3) is 4.16. The lowest BCUT2D eigenvalue weighted by molar-refractivity contribution is 0.601. The van der Waals surface area contributed by atoms with Gasteiger partial charge in [0.15, 0.2) is 5.13 Å². The Morgan fingerprint density at radius 3 is 2.71 bits per heavy atom. The van der Waals surface area contributed by atoms with Gasteiger partial charge in [-0.05, 0) is 31.2 Å². The van der Waals surface area contributed by atoms with Crippen molar-refractivity contribution in [1.82, 2.24) is 10.3 Å². The summed E-state index contributed by atoms with van der Waals surface area (Å²) >= 11 is 7.42. The van der Waals surface area contributed by atoms with Gasteiger partial charge in [-0.25, -0.2) is 13.4 Å². The molecule has 0 unspecified atom stereocenters. The minimum absolute atomic E-state index is 0.126. The van der Waals surface area contributed by atoms with Crippen molar-refractivity contribution in [1.29, 1.82) is 0 Å². The van der Waals surface area contributed by atoms with Crippen molar-refractivity contribution in [2.24, 2.45) is 0 Å². The van der Waals surface area contributed by atoms with Crippen molar-refractivity contribution in [3.05, 3.63) is 39.9 Å². The molecule has 0 saturated heterocycles. The number of halogens is 1. The summed E-state index contributed by atoms with van der Waals surface area (Å²) in [5.41, 5.74) is 0.863. The quantitative estimate of drug-likeness (QED) is 0.844. The Morgan fingerprint density at radius 2 is 2.14 bits per heavy atom. The van der Waals surface area contributed by atoms with Crippen LogP contribution in [-0.2, 0) is 16.6 Å². The molecule has 1 aromatic carbocycles. The van der Waals surface area contributed by atoms with E-state index in [1.807, 2.05) is 13.8 Å². The molecule has 2 rings (SSSR count). The Kier molecular flexibility index (Phi) is 5.21. The molecular weight excluding hydrogens is 330 g/mol. The highest BCUT2D eigenvalue weighted by atomic mass is 35.5. The van der Waals surface area contributed by atoms with Crippen LogP contribution in [0.4, 0.5) is 5.13 Å². The van der Waals surface area contributed by atoms with E-state index in [-0.39, 0.29) is 4.90 Å². The number of nitrogens with one attached hydrogen (secondary N) is 2. The Balaban J connectivity index is 2.22. The van der Waals surface area contributed by atoms with Gasteiger partial charge in [-0.1, -0.05) is 24.6 Å². The van der Waals surface area contributed by atoms with Crippen molar-refractivity contribution in [2.45, 2.75) is 25.3 Å². The maximum atomic E-state index is 12.3. The van der Waals surface area contributed by atoms with E-state index < -0.39 is 10.0 Å². The first-order valence-corrected chi connectivity index (χ1v) is 9.04. The second-order valence-electron chi connectivity index (χ2n) is 4.42. The molecule has 1 heterocycles. The minimum Gasteiger partial charge on any atom is -0.313 e. The van der Waals surface area contributed by atoms with E-state index >= 15 is 0 Å². The summed E-state index contributed by atoms with van der Waals surface area (Å²) in [4.78, 5) is 5.05. The van der Waals surface area contributed by atoms with Gasteiger partial charge in [0.05, 0.1) is 4.90 Å². The van der Waals surface area contributed by atoms with E-state index in [1.165, 1.54) is 17.4 Å². The molecular formula is C13H16ClN3O2S2. The van der Waals surface area contributed by atoms with E-state index in [2.05, 4.69) is 15.0 Å². The third-order valence-electron chi connectivity index (χ3n) is 2.74. The van der Waals surface area contributed by atoms with Gasteiger partial charge in [0.25, 0.3) is 10.0 Å². The van der Waals surface area contributed by atoms with Crippen LogP contribution in [0, 0.1) is 6.92 Å². The Bertz CT molecular complexity index is 729. The number of hydrogen-bond donors (Lipinski definition) is 2. The van der Waals surface area contributed by atoms with E-state index in [9.17, 15) is 8.42 Å². The van der Waals surface area contributed by atoms with Gasteiger partial charge in [0.1, 0.15) is 0 Å². The van der Waals surface area contributed by atoms with Crippen LogP contribution in [0.2, 0.25) is 5.02 Å². The van der Waals surface area contributed by atoms with Crippen molar-refractivity contribution >= 4 is 38.1 Å². The van der Waals surface area contributed by atoms with Crippen LogP contribution >= 0.6 is 22.9 Å². The first kappa shape index (κ1) is 16.2. The van der Waals surface area contributed by atoms with Crippen LogP contribution in [-0.4, -0.2) is 19.9 Å². The largest absolute Gasteiger partial charge is 0.313 e. The van der Waals surface area contributed by atoms with E-state index in [0.717, 1.165) is 17.0 Å². The molecule has 0 atom stereocenters. The number of hydrogen-bond acceptors (Lipinski definition) is 5. The smallest absolute Gasteiger partial charge is 0.263 e. The van der Waals surface area contributed by atoms with E-state index in [1.54, 1.807) is 18.3 Å². The summed E-state index contributed by atoms with van der Waals surface area (Å²) in [6.45, 7) is 5.28. The molecule has 114 valence electrons. The fourth-order valence-corrected chi connectivity index (χ4v) is 3.92. The molecule has 5 nitrogen and oxygen atoms in total. The summed E-state index contributed by atoms with van der Waals surface area (Å²) in [5.74, 6) is 0. The topological polar surface area (TPSA) is 71.1 Å². The number of aryl methyl sites for hydroxylation is 1. The van der Waals surface area contributed by atoms with Crippen LogP contribution in [0.1, 0.15) is 17.4 Å². The van der Waals surface area contributed by atoms with Gasteiger partial charge in [-0.15, -0.1) is 11.3 Å². The highest BCUT2D eigenvalue weighted by molar-refractivity contribution is 7.93. The van der Waals surface area contributed by atoms with Crippen molar-refractivity contribution in [3.8, 4) is 0 Å². The maximum Gasteiger partial charge on any atom is 0.263 e. The summed E-state index contributed by atoms with van der Waals surface area (Å²) in [6, 6.07) is 4.71. The lowest BCUT2D eigenvalue weighted by Gasteiger charge is -2.09. The number of thiazole rings is 1. The van der Waals surface area contributed by atoms with Crippen molar-refractivity contribution in [2.75, 3.05) is 11.3 Å². The number of benzene rings is 1. The Morgan fingerprint density at radius 1 is 1.38 bits per heavy atom. The minimum atomic E-state index is -3.67. The van der Waals surface area contributed by atoms with Gasteiger partial charge in [0, 0.05) is 22.6 Å². The molecule has 0 aliphatic carbocycles. The predicted molar refractivity (Wildman–Crippen MR) is 86.5 cm³/mol. The second kappa shape index (κ2) is 6.74. The van der Waals surface area contributed by atoms with E-state index in [4.69, 9.17) is 11.6 Å². The first-order valence-electron chi connectivity index (χ1n) is 6.37. The first-order chi connectivity index (χ1) is 9.92. The molecule has 8 heteroatoms. The zero-order valence-electron chi connectivity index (χ0n) is 11.7. The molecule has 0 aliphatic heterocycles. The van der Waals surface area contributed by atoms with Crippen LogP contribution in [0.3, 0.4) is 0 Å². The fraction of sp³-hybridized carbons (Fsp3) is 0.308. The molecule has 0 amide bonds. The number of sulfonamides is 1. The van der Waals surface area contributed by atoms with Crippen LogP contribution < -0.4 is 10.0 Å². The second-order valence-corrected chi connectivity index (χ2v) is 7.74. The summed E-state index contributed by atoms with van der Waals surface area (Å²) < 4.78 is 27.0. The zero-order valence-corrected chi connectivity index (χ0v) is 14.1. The molecule has 1 aromatic heterocycles. The number of rotatable bonds is 6. The number of anilines is 1. The summed E-state index contributed by atoms with van der Waals surface area (Å²) in [5, 5.41) is 3.92. The van der Waals surface area contributed by atoms with Gasteiger partial charge in [-0.3, -0.25) is 4.72 Å². The highest BCUT2D eigenvalue weighted by Crippen LogP contribution is 2.24. The predicted octanol–water partition coefficient (Wildman–Crippen LogP) is 3.02. The number of nitrogens with zero attached hydrogens (tertiary/aromatic N) is 1. The molecule has 0 spiro atoms. The third-order valence-corrected chi connectivity index (χ3v) is 5.39. The SMILES string of the molecule is CCNCc1ccc(S(=O)(=O)Nc2ncc(C)s2)cc1Cl. The maximum absolute atomic E-state index is 12.3. The summed E-state index contributed by atoms with van der Waals surface area (Å²) in [7, 11) is -3.67. The van der Waals surface area contributed by atoms with Gasteiger partial charge in [-0.2, -0.15) is 0 Å². The zero-order chi connectivity index (χ0) is 15.5. The molecule has 0 fully saturated rings. The molecule has 21 heavy (non-hydrogen) atoms. The molecule has 0 saturated carbocycles. The molecule has 0 aliphatic rings. The standard InChI is InChI=1S/C13H16ClN3O2S2/c1-3-15-8-10-4-5-11(6-12(10)14)21(18,19)17-13-16-7-9(2)20-13/h4-7,15H,3,8H2,1-2H3,(H,16,17). The highest BCUT2D eigenvalue weighted by Gasteiger charge is 2.17. The molecule has 2 aromatic rings. The average Bonchev–Trinajstić information content (AvgIpc) is 2.82. The van der Waals surface area contributed by atoms with Crippen LogP contribution in [0.15, 0.2) is 29.3 Å². The summed E-state index contributed by atoms with van der Waals surface area (Å²) in [6.07, 6.45) is 1.62. The lowest BCUT2D eigenvalue weighted by atomic mass is 10.2. The van der Waals surface area contributed by atoms with E-state index in [0.29, 0.717) is 16.7 Å². The average molecular weight is 346 g/mol. The lowest BCUT2D eigenvalue weighted by Crippen LogP contribution is -2.14. The van der Waals surface area contributed by atoms with Gasteiger partial charge >= 0.3 is 0 Å². The number of aromatic nitrogens is 1. The fourth-order valence-electron chi connectivity index (χ4n) is 1.67. The molecule has 2 N–H and O–H groups in total. The normalized spacial score (nSPS) is 11.6. The van der Waals surface area contributed by atoms with Crippen molar-refractivity contribution < 1.29 is 8.42 Å². The van der Waals surface area contributed by atoms with Crippen LogP contribution in [0.25, 0.3) is 0 Å².